The van der Waals surface area contributed by atoms with E-state index in [-0.39, 0.29) is 0 Å². The standard InChI is InChI=1S/C14H17N5OS/c15-11-10(8-1-2-8)14(21-12(11)13(16)20)19-6-5-18-4-3-17-9(18)7-19/h3-4,8H,1-2,5-7,15H2,(H2,16,20). The maximum absolute atomic E-state index is 11.6. The summed E-state index contributed by atoms with van der Waals surface area (Å²) in [7, 11) is 0. The Kier molecular flexibility index (Phi) is 2.72. The van der Waals surface area contributed by atoms with Crippen molar-refractivity contribution >= 4 is 27.9 Å². The number of nitrogens with two attached hydrogens (primary N) is 2. The summed E-state index contributed by atoms with van der Waals surface area (Å²) in [4.78, 5) is 18.8. The van der Waals surface area contributed by atoms with Crippen molar-refractivity contribution in [1.82, 2.24) is 9.55 Å². The number of carbonyl (C=O) groups excluding carboxylic acids is 1. The number of aromatic nitrogens is 2. The van der Waals surface area contributed by atoms with Crippen molar-refractivity contribution in [3.05, 3.63) is 28.7 Å². The fraction of sp³-hybridized carbons (Fsp3) is 0.429. The van der Waals surface area contributed by atoms with E-state index in [2.05, 4.69) is 14.5 Å². The van der Waals surface area contributed by atoms with Crippen molar-refractivity contribution in [2.45, 2.75) is 31.8 Å². The Bertz CT molecular complexity index is 715. The van der Waals surface area contributed by atoms with Crippen molar-refractivity contribution < 1.29 is 4.79 Å². The highest BCUT2D eigenvalue weighted by Gasteiger charge is 2.35. The van der Waals surface area contributed by atoms with E-state index in [0.717, 1.165) is 48.9 Å². The van der Waals surface area contributed by atoms with Crippen LogP contribution in [0.5, 0.6) is 0 Å². The molecule has 0 radical (unpaired) electrons. The van der Waals surface area contributed by atoms with Gasteiger partial charge >= 0.3 is 0 Å². The van der Waals surface area contributed by atoms with E-state index in [9.17, 15) is 4.79 Å². The molecule has 3 heterocycles. The molecule has 1 aliphatic heterocycles. The molecule has 4 rings (SSSR count). The van der Waals surface area contributed by atoms with Crippen molar-refractivity contribution in [3.8, 4) is 0 Å². The van der Waals surface area contributed by atoms with E-state index in [4.69, 9.17) is 11.5 Å². The Morgan fingerprint density at radius 2 is 2.19 bits per heavy atom. The monoisotopic (exact) mass is 303 g/mol. The largest absolute Gasteiger partial charge is 0.397 e. The van der Waals surface area contributed by atoms with Gasteiger partial charge in [-0.05, 0) is 18.8 Å². The van der Waals surface area contributed by atoms with Gasteiger partial charge in [-0.15, -0.1) is 11.3 Å². The molecule has 0 atom stereocenters. The molecule has 1 saturated carbocycles. The van der Waals surface area contributed by atoms with Gasteiger partial charge in [0.2, 0.25) is 0 Å². The molecule has 1 aliphatic carbocycles. The molecule has 2 aromatic rings. The van der Waals surface area contributed by atoms with Crippen LogP contribution in [0.15, 0.2) is 12.4 Å². The zero-order valence-corrected chi connectivity index (χ0v) is 12.4. The first-order valence-electron chi connectivity index (χ1n) is 7.12. The fourth-order valence-electron chi connectivity index (χ4n) is 2.98. The Labute approximate surface area is 126 Å². The highest BCUT2D eigenvalue weighted by molar-refractivity contribution is 7.18. The molecule has 4 N–H and O–H groups in total. The van der Waals surface area contributed by atoms with E-state index in [0.29, 0.717) is 16.5 Å². The number of rotatable bonds is 3. The molecule has 1 fully saturated rings. The number of primary amides is 1. The highest BCUT2D eigenvalue weighted by Crippen LogP contribution is 2.52. The van der Waals surface area contributed by atoms with Crippen LogP contribution in [0.25, 0.3) is 0 Å². The molecule has 110 valence electrons. The second kappa shape index (κ2) is 4.49. The number of amides is 1. The van der Waals surface area contributed by atoms with Crippen molar-refractivity contribution in [3.63, 3.8) is 0 Å². The Morgan fingerprint density at radius 3 is 2.90 bits per heavy atom. The normalized spacial score (nSPS) is 17.8. The molecule has 0 saturated heterocycles. The summed E-state index contributed by atoms with van der Waals surface area (Å²) in [5.41, 5.74) is 13.4. The van der Waals surface area contributed by atoms with Crippen LogP contribution in [-0.2, 0) is 13.1 Å². The molecule has 0 aromatic carbocycles. The SMILES string of the molecule is NC(=O)c1sc(N2CCn3ccnc3C2)c(C2CC2)c1N. The van der Waals surface area contributed by atoms with Crippen molar-refractivity contribution in [2.24, 2.45) is 5.73 Å². The predicted molar refractivity (Wildman–Crippen MR) is 82.5 cm³/mol. The van der Waals surface area contributed by atoms with Gasteiger partial charge in [0.15, 0.2) is 0 Å². The number of thiophene rings is 1. The van der Waals surface area contributed by atoms with Crippen LogP contribution in [0.1, 0.15) is 39.8 Å². The van der Waals surface area contributed by atoms with E-state index >= 15 is 0 Å². The fourth-order valence-corrected chi connectivity index (χ4v) is 4.16. The molecular weight excluding hydrogens is 286 g/mol. The van der Waals surface area contributed by atoms with Gasteiger partial charge in [-0.3, -0.25) is 4.79 Å². The lowest BCUT2D eigenvalue weighted by atomic mass is 10.1. The van der Waals surface area contributed by atoms with Gasteiger partial charge < -0.3 is 20.9 Å². The smallest absolute Gasteiger partial charge is 0.260 e. The quantitative estimate of drug-likeness (QED) is 0.899. The van der Waals surface area contributed by atoms with Gasteiger partial charge in [0, 0.05) is 31.0 Å². The molecule has 2 aromatic heterocycles. The minimum absolute atomic E-state index is 0.427. The lowest BCUT2D eigenvalue weighted by molar-refractivity contribution is 0.100. The van der Waals surface area contributed by atoms with Crippen LogP contribution in [0.4, 0.5) is 10.7 Å². The second-order valence-corrected chi connectivity index (χ2v) is 6.66. The number of hydrogen-bond acceptors (Lipinski definition) is 5. The average molecular weight is 303 g/mol. The van der Waals surface area contributed by atoms with E-state index in [1.54, 1.807) is 0 Å². The van der Waals surface area contributed by atoms with Crippen LogP contribution in [0.3, 0.4) is 0 Å². The first-order chi connectivity index (χ1) is 10.1. The summed E-state index contributed by atoms with van der Waals surface area (Å²) in [6.07, 6.45) is 6.13. The number of anilines is 2. The first kappa shape index (κ1) is 12.7. The van der Waals surface area contributed by atoms with Gasteiger partial charge in [0.25, 0.3) is 5.91 Å². The molecule has 0 spiro atoms. The van der Waals surface area contributed by atoms with Gasteiger partial charge in [-0.1, -0.05) is 0 Å². The van der Waals surface area contributed by atoms with Crippen molar-refractivity contribution in [2.75, 3.05) is 17.2 Å². The summed E-state index contributed by atoms with van der Waals surface area (Å²) in [5, 5.41) is 1.11. The zero-order valence-electron chi connectivity index (χ0n) is 11.6. The maximum Gasteiger partial charge on any atom is 0.260 e. The molecule has 0 bridgehead atoms. The third-order valence-corrected chi connectivity index (χ3v) is 5.50. The molecule has 6 nitrogen and oxygen atoms in total. The molecule has 7 heteroatoms. The number of nitrogen functional groups attached to an aromatic ring is 1. The third-order valence-electron chi connectivity index (χ3n) is 4.21. The Hall–Kier alpha value is -2.02. The summed E-state index contributed by atoms with van der Waals surface area (Å²) >= 11 is 1.44. The van der Waals surface area contributed by atoms with Gasteiger partial charge in [-0.25, -0.2) is 4.98 Å². The summed E-state index contributed by atoms with van der Waals surface area (Å²) < 4.78 is 2.17. The summed E-state index contributed by atoms with van der Waals surface area (Å²) in [6.45, 7) is 2.56. The van der Waals surface area contributed by atoms with Crippen LogP contribution in [0, 0.1) is 0 Å². The maximum atomic E-state index is 11.6. The average Bonchev–Trinajstić information content (AvgIpc) is 3.07. The van der Waals surface area contributed by atoms with Gasteiger partial charge in [0.1, 0.15) is 10.7 Å². The Balaban J connectivity index is 1.75. The molecule has 1 amide bonds. The van der Waals surface area contributed by atoms with Gasteiger partial charge in [0.05, 0.1) is 17.2 Å². The molecule has 2 aliphatic rings. The van der Waals surface area contributed by atoms with Crippen molar-refractivity contribution in [1.29, 1.82) is 0 Å². The predicted octanol–water partition coefficient (Wildman–Crippen LogP) is 1.52. The van der Waals surface area contributed by atoms with Crippen LogP contribution < -0.4 is 16.4 Å². The van der Waals surface area contributed by atoms with E-state index in [1.165, 1.54) is 11.3 Å². The second-order valence-electron chi connectivity index (χ2n) is 5.66. The Morgan fingerprint density at radius 1 is 1.38 bits per heavy atom. The first-order valence-corrected chi connectivity index (χ1v) is 7.93. The minimum Gasteiger partial charge on any atom is -0.397 e. The molecule has 21 heavy (non-hydrogen) atoms. The topological polar surface area (TPSA) is 90.2 Å². The number of imidazole rings is 1. The van der Waals surface area contributed by atoms with Crippen LogP contribution in [0.2, 0.25) is 0 Å². The van der Waals surface area contributed by atoms with E-state index < -0.39 is 5.91 Å². The van der Waals surface area contributed by atoms with Crippen LogP contribution in [-0.4, -0.2) is 22.0 Å². The van der Waals surface area contributed by atoms with Gasteiger partial charge in [-0.2, -0.15) is 0 Å². The summed E-state index contributed by atoms with van der Waals surface area (Å²) in [5.74, 6) is 1.12. The lowest BCUT2D eigenvalue weighted by Crippen LogP contribution is -2.33. The minimum atomic E-state index is -0.427. The molecule has 0 unspecified atom stereocenters. The zero-order chi connectivity index (χ0) is 14.6. The summed E-state index contributed by atoms with van der Waals surface area (Å²) in [6, 6.07) is 0. The number of fused-ring (bicyclic) bond motifs is 1. The highest BCUT2D eigenvalue weighted by atomic mass is 32.1. The molecular formula is C14H17N5OS. The lowest BCUT2D eigenvalue weighted by Gasteiger charge is -2.29. The van der Waals surface area contributed by atoms with Crippen LogP contribution >= 0.6 is 11.3 Å². The number of hydrogen-bond donors (Lipinski definition) is 2. The third kappa shape index (κ3) is 1.99. The number of carbonyl (C=O) groups is 1. The number of nitrogens with zero attached hydrogens (tertiary/aromatic N) is 3. The van der Waals surface area contributed by atoms with E-state index in [1.807, 2.05) is 12.4 Å².